The molecule has 18 heteroatoms. The molecule has 7 aromatic rings. The zero-order chi connectivity index (χ0) is 39.1. The van der Waals surface area contributed by atoms with Crippen LogP contribution in [0.2, 0.25) is 0 Å². The number of nitrogens with zero attached hydrogens (tertiary/aromatic N) is 7. The van der Waals surface area contributed by atoms with Crippen molar-refractivity contribution in [2.75, 3.05) is 0 Å². The van der Waals surface area contributed by atoms with Crippen molar-refractivity contribution in [3.63, 3.8) is 0 Å². The van der Waals surface area contributed by atoms with Gasteiger partial charge in [0, 0.05) is 0 Å². The van der Waals surface area contributed by atoms with Crippen LogP contribution in [-0.2, 0) is 6.54 Å². The Bertz CT molecular complexity index is 2610. The van der Waals surface area contributed by atoms with Crippen LogP contribution < -0.4 is 20.6 Å². The number of aryl methyl sites for hydroxylation is 2. The molecule has 0 saturated heterocycles. The number of oxazole rings is 1. The summed E-state index contributed by atoms with van der Waals surface area (Å²) in [5.41, 5.74) is 3.67. The van der Waals surface area contributed by atoms with E-state index in [9.17, 15) is 35.9 Å². The summed E-state index contributed by atoms with van der Waals surface area (Å²) in [6.45, 7) is 3.61. The number of hydrogen-bond donors (Lipinski definition) is 0. The standard InChI is InChI=1S/C20H15F3N4O3.C17H12F3N3O2/c1-11-12(2)29-18(24-11)10-27-19(28)16-9-14(5-8-17(16)25-26-27)13-3-6-15(7-4-13)30-20(21,22)23;18-17(19,20)25-13-6-1-10(2-7-13)11-3-8-15-14(9-11)16(24)23(22-21-15)12-4-5-12/h3-9H,10H2,1-2H3;1-3,6-9,12H,4-5H2. The minimum Gasteiger partial charge on any atom is -0.444 e. The van der Waals surface area contributed by atoms with Crippen molar-refractivity contribution < 1.29 is 40.2 Å². The Balaban J connectivity index is 0.000000172. The molecule has 55 heavy (non-hydrogen) atoms. The maximum Gasteiger partial charge on any atom is 0.573 e. The second-order valence-electron chi connectivity index (χ2n) is 12.5. The monoisotopic (exact) mass is 763 g/mol. The van der Waals surface area contributed by atoms with E-state index in [0.29, 0.717) is 55.7 Å². The predicted molar refractivity (Wildman–Crippen MR) is 185 cm³/mol. The van der Waals surface area contributed by atoms with E-state index in [-0.39, 0.29) is 35.2 Å². The van der Waals surface area contributed by atoms with Crippen LogP contribution in [0.15, 0.2) is 98.9 Å². The van der Waals surface area contributed by atoms with Gasteiger partial charge >= 0.3 is 12.7 Å². The van der Waals surface area contributed by atoms with Crippen LogP contribution in [0.25, 0.3) is 44.1 Å². The summed E-state index contributed by atoms with van der Waals surface area (Å²) in [4.78, 5) is 29.6. The van der Waals surface area contributed by atoms with Gasteiger partial charge < -0.3 is 13.9 Å². The Labute approximate surface area is 305 Å². The van der Waals surface area contributed by atoms with E-state index in [2.05, 4.69) is 35.1 Å². The zero-order valence-electron chi connectivity index (χ0n) is 28.7. The molecule has 0 N–H and O–H groups in total. The highest BCUT2D eigenvalue weighted by atomic mass is 19.4. The maximum absolute atomic E-state index is 12.9. The average molecular weight is 764 g/mol. The molecule has 0 bridgehead atoms. The van der Waals surface area contributed by atoms with Crippen LogP contribution in [0.3, 0.4) is 0 Å². The quantitative estimate of drug-likeness (QED) is 0.148. The molecule has 0 aliphatic heterocycles. The fourth-order valence-corrected chi connectivity index (χ4v) is 5.58. The van der Waals surface area contributed by atoms with Crippen LogP contribution in [-0.4, -0.2) is 47.7 Å². The highest BCUT2D eigenvalue weighted by Gasteiger charge is 2.32. The van der Waals surface area contributed by atoms with Crippen LogP contribution in [0.5, 0.6) is 11.5 Å². The molecular formula is C37H27F6N7O5. The van der Waals surface area contributed by atoms with Gasteiger partial charge in [-0.05, 0) is 97.5 Å². The third-order valence-electron chi connectivity index (χ3n) is 8.50. The number of hydrogen-bond acceptors (Lipinski definition) is 10. The molecule has 12 nitrogen and oxygen atoms in total. The molecule has 3 heterocycles. The lowest BCUT2D eigenvalue weighted by molar-refractivity contribution is -0.275. The topological polar surface area (TPSA) is 140 Å². The highest BCUT2D eigenvalue weighted by molar-refractivity contribution is 5.84. The van der Waals surface area contributed by atoms with Crippen LogP contribution in [0.1, 0.15) is 36.2 Å². The Kier molecular flexibility index (Phi) is 9.58. The van der Waals surface area contributed by atoms with E-state index >= 15 is 0 Å². The van der Waals surface area contributed by atoms with E-state index in [0.717, 1.165) is 23.2 Å². The normalized spacial score (nSPS) is 13.1. The molecule has 0 unspecified atom stereocenters. The number of benzene rings is 4. The largest absolute Gasteiger partial charge is 0.573 e. The number of ether oxygens (including phenoxy) is 2. The van der Waals surface area contributed by atoms with Gasteiger partial charge in [-0.25, -0.2) is 14.3 Å². The Morgan fingerprint density at radius 1 is 0.673 bits per heavy atom. The molecule has 1 fully saturated rings. The first kappa shape index (κ1) is 36.8. The smallest absolute Gasteiger partial charge is 0.444 e. The molecule has 1 aliphatic carbocycles. The van der Waals surface area contributed by atoms with Gasteiger partial charge in [0.25, 0.3) is 11.1 Å². The number of alkyl halides is 6. The zero-order valence-corrected chi connectivity index (χ0v) is 28.7. The van der Waals surface area contributed by atoms with Crippen molar-refractivity contribution in [1.29, 1.82) is 0 Å². The van der Waals surface area contributed by atoms with Crippen molar-refractivity contribution in [3.8, 4) is 33.8 Å². The van der Waals surface area contributed by atoms with E-state index in [4.69, 9.17) is 4.42 Å². The lowest BCUT2D eigenvalue weighted by atomic mass is 10.0. The summed E-state index contributed by atoms with van der Waals surface area (Å²) in [6, 6.07) is 21.1. The van der Waals surface area contributed by atoms with Gasteiger partial charge in [0.2, 0.25) is 5.89 Å². The number of fused-ring (bicyclic) bond motifs is 2. The molecule has 8 rings (SSSR count). The summed E-state index contributed by atoms with van der Waals surface area (Å²) in [6.07, 6.45) is -7.65. The second-order valence-corrected chi connectivity index (χ2v) is 12.5. The number of rotatable bonds is 7. The van der Waals surface area contributed by atoms with Gasteiger partial charge in [0.05, 0.1) is 22.5 Å². The fourth-order valence-electron chi connectivity index (χ4n) is 5.58. The molecule has 3 aromatic heterocycles. The molecule has 0 atom stereocenters. The van der Waals surface area contributed by atoms with E-state index in [1.165, 1.54) is 53.2 Å². The Hall–Kier alpha value is -6.59. The Morgan fingerprint density at radius 2 is 1.15 bits per heavy atom. The van der Waals surface area contributed by atoms with Crippen LogP contribution >= 0.6 is 0 Å². The average Bonchev–Trinajstić information content (AvgIpc) is 3.93. The van der Waals surface area contributed by atoms with Gasteiger partial charge in [-0.2, -0.15) is 0 Å². The lowest BCUT2D eigenvalue weighted by Crippen LogP contribution is -2.25. The number of halogens is 6. The summed E-state index contributed by atoms with van der Waals surface area (Å²) < 4.78 is 89.4. The molecule has 1 aliphatic rings. The maximum atomic E-state index is 12.9. The third-order valence-corrected chi connectivity index (χ3v) is 8.50. The van der Waals surface area contributed by atoms with Gasteiger partial charge in [0.15, 0.2) is 0 Å². The van der Waals surface area contributed by atoms with Crippen molar-refractivity contribution >= 4 is 21.8 Å². The van der Waals surface area contributed by atoms with E-state index < -0.39 is 12.7 Å². The SMILES string of the molecule is Cc1nc(Cn2nnc3ccc(-c4ccc(OC(F)(F)F)cc4)cc3c2=O)oc1C.O=c1c2cc(-c3ccc(OC(F)(F)F)cc3)ccc2nnn1C1CC1. The molecule has 282 valence electrons. The predicted octanol–water partition coefficient (Wildman–Crippen LogP) is 7.70. The van der Waals surface area contributed by atoms with Crippen molar-refractivity contribution in [3.05, 3.63) is 123 Å². The van der Waals surface area contributed by atoms with Crippen molar-refractivity contribution in [2.45, 2.75) is 52.0 Å². The Morgan fingerprint density at radius 3 is 1.60 bits per heavy atom. The highest BCUT2D eigenvalue weighted by Crippen LogP contribution is 2.33. The minimum atomic E-state index is -4.76. The first-order valence-corrected chi connectivity index (χ1v) is 16.5. The third kappa shape index (κ3) is 8.63. The summed E-state index contributed by atoms with van der Waals surface area (Å²) in [5.74, 6) is 0.389. The van der Waals surface area contributed by atoms with Crippen LogP contribution in [0, 0.1) is 13.8 Å². The van der Waals surface area contributed by atoms with Gasteiger partial charge in [-0.1, -0.05) is 46.8 Å². The molecule has 4 aromatic carbocycles. The molecule has 0 spiro atoms. The second kappa shape index (κ2) is 14.3. The first-order chi connectivity index (χ1) is 26.1. The van der Waals surface area contributed by atoms with Crippen molar-refractivity contribution in [2.24, 2.45) is 0 Å². The summed E-state index contributed by atoms with van der Waals surface area (Å²) in [7, 11) is 0. The van der Waals surface area contributed by atoms with Crippen LogP contribution in [0.4, 0.5) is 26.3 Å². The van der Waals surface area contributed by atoms with Gasteiger partial charge in [-0.3, -0.25) is 9.59 Å². The lowest BCUT2D eigenvalue weighted by Gasteiger charge is -2.10. The fraction of sp³-hybridized carbons (Fsp3) is 0.216. The first-order valence-electron chi connectivity index (χ1n) is 16.5. The summed E-state index contributed by atoms with van der Waals surface area (Å²) >= 11 is 0. The van der Waals surface area contributed by atoms with Gasteiger partial charge in [-0.15, -0.1) is 36.5 Å². The summed E-state index contributed by atoms with van der Waals surface area (Å²) in [5, 5.41) is 16.7. The minimum absolute atomic E-state index is 0.0319. The number of aromatic nitrogens is 7. The van der Waals surface area contributed by atoms with Crippen molar-refractivity contribution in [1.82, 2.24) is 35.0 Å². The van der Waals surface area contributed by atoms with E-state index in [1.807, 2.05) is 0 Å². The van der Waals surface area contributed by atoms with E-state index in [1.54, 1.807) is 50.2 Å². The van der Waals surface area contributed by atoms with Gasteiger partial charge in [0.1, 0.15) is 34.8 Å². The molecular weight excluding hydrogens is 736 g/mol. The molecule has 0 amide bonds. The molecule has 1 saturated carbocycles. The molecule has 0 radical (unpaired) electrons.